The van der Waals surface area contributed by atoms with E-state index in [1.54, 1.807) is 13.0 Å². The molecule has 1 N–H and O–H groups in total. The Labute approximate surface area is 111 Å². The van der Waals surface area contributed by atoms with Crippen molar-refractivity contribution < 1.29 is 23.4 Å². The third-order valence-corrected chi connectivity index (χ3v) is 2.51. The molecule has 0 aliphatic carbocycles. The van der Waals surface area contributed by atoms with E-state index in [-0.39, 0.29) is 11.5 Å². The molecule has 0 heterocycles. The van der Waals surface area contributed by atoms with E-state index in [1.807, 2.05) is 0 Å². The van der Waals surface area contributed by atoms with E-state index in [0.29, 0.717) is 18.4 Å². The van der Waals surface area contributed by atoms with Gasteiger partial charge in [0, 0.05) is 6.42 Å². The number of halogens is 2. The van der Waals surface area contributed by atoms with E-state index in [2.05, 4.69) is 16.6 Å². The summed E-state index contributed by atoms with van der Waals surface area (Å²) >= 11 is 0. The summed E-state index contributed by atoms with van der Waals surface area (Å²) in [6.07, 6.45) is 0.197. The van der Waals surface area contributed by atoms with Gasteiger partial charge >= 0.3 is 6.61 Å². The maximum atomic E-state index is 12.3. The maximum Gasteiger partial charge on any atom is 0.387 e. The minimum atomic E-state index is -2.94. The van der Waals surface area contributed by atoms with Crippen LogP contribution in [0.2, 0.25) is 0 Å². The van der Waals surface area contributed by atoms with Gasteiger partial charge in [-0.25, -0.2) is 0 Å². The van der Waals surface area contributed by atoms with Crippen LogP contribution in [0.3, 0.4) is 0 Å². The van der Waals surface area contributed by atoms with Gasteiger partial charge < -0.3 is 14.6 Å². The molecule has 0 spiro atoms. The van der Waals surface area contributed by atoms with Gasteiger partial charge in [-0.3, -0.25) is 0 Å². The van der Waals surface area contributed by atoms with E-state index in [1.165, 1.54) is 19.2 Å². The Hall–Kier alpha value is -1.80. The molecule has 0 bridgehead atoms. The molecule has 19 heavy (non-hydrogen) atoms. The molecule has 0 aliphatic rings. The van der Waals surface area contributed by atoms with Gasteiger partial charge in [0.1, 0.15) is 0 Å². The zero-order chi connectivity index (χ0) is 14.3. The number of benzene rings is 1. The van der Waals surface area contributed by atoms with Crippen molar-refractivity contribution in [2.75, 3.05) is 7.11 Å². The Morgan fingerprint density at radius 2 is 2.05 bits per heavy atom. The number of aliphatic hydroxyl groups is 1. The first-order chi connectivity index (χ1) is 9.08. The Kier molecular flexibility index (Phi) is 6.10. The van der Waals surface area contributed by atoms with Gasteiger partial charge in [0.25, 0.3) is 0 Å². The van der Waals surface area contributed by atoms with Crippen LogP contribution in [0.1, 0.15) is 31.4 Å². The van der Waals surface area contributed by atoms with Gasteiger partial charge in [-0.2, -0.15) is 8.78 Å². The molecule has 0 fully saturated rings. The van der Waals surface area contributed by atoms with Crippen LogP contribution >= 0.6 is 0 Å². The van der Waals surface area contributed by atoms with Gasteiger partial charge in [-0.05, 0) is 31.0 Å². The third-order valence-electron chi connectivity index (χ3n) is 2.51. The summed E-state index contributed by atoms with van der Waals surface area (Å²) in [6, 6.07) is 4.46. The van der Waals surface area contributed by atoms with E-state index in [4.69, 9.17) is 4.74 Å². The third kappa shape index (κ3) is 4.76. The lowest BCUT2D eigenvalue weighted by atomic mass is 10.0. The Balaban J connectivity index is 2.86. The normalized spacial score (nSPS) is 11.7. The highest BCUT2D eigenvalue weighted by Crippen LogP contribution is 2.32. The van der Waals surface area contributed by atoms with Crippen LogP contribution in [0.4, 0.5) is 8.78 Å². The number of hydrogen-bond acceptors (Lipinski definition) is 3. The van der Waals surface area contributed by atoms with Crippen LogP contribution in [0, 0.1) is 11.8 Å². The fraction of sp³-hybridized carbons (Fsp3) is 0.429. The Morgan fingerprint density at radius 3 is 2.63 bits per heavy atom. The second kappa shape index (κ2) is 7.59. The smallest absolute Gasteiger partial charge is 0.387 e. The van der Waals surface area contributed by atoms with E-state index in [0.717, 1.165) is 0 Å². The number of hydrogen-bond donors (Lipinski definition) is 1. The highest BCUT2D eigenvalue weighted by atomic mass is 19.3. The molecule has 104 valence electrons. The molecule has 5 heteroatoms. The largest absolute Gasteiger partial charge is 0.493 e. The molecule has 0 amide bonds. The average molecular weight is 270 g/mol. The molecule has 0 radical (unpaired) electrons. The maximum absolute atomic E-state index is 12.3. The topological polar surface area (TPSA) is 38.7 Å². The first-order valence-electron chi connectivity index (χ1n) is 5.79. The van der Waals surface area contributed by atoms with Crippen LogP contribution in [0.15, 0.2) is 18.2 Å². The molecular formula is C14H16F2O3. The van der Waals surface area contributed by atoms with Crippen LogP contribution in [-0.4, -0.2) is 18.8 Å². The fourth-order valence-electron chi connectivity index (χ4n) is 1.59. The minimum absolute atomic E-state index is 0.0874. The lowest BCUT2D eigenvalue weighted by Gasteiger charge is -2.14. The number of rotatable bonds is 6. The first kappa shape index (κ1) is 15.3. The van der Waals surface area contributed by atoms with E-state index in [9.17, 15) is 13.9 Å². The van der Waals surface area contributed by atoms with Crippen LogP contribution in [0.25, 0.3) is 0 Å². The van der Waals surface area contributed by atoms with Crippen LogP contribution in [-0.2, 0) is 0 Å². The number of ether oxygens (including phenoxy) is 2. The molecule has 3 nitrogen and oxygen atoms in total. The van der Waals surface area contributed by atoms with Crippen molar-refractivity contribution >= 4 is 0 Å². The van der Waals surface area contributed by atoms with Crippen molar-refractivity contribution in [2.45, 2.75) is 32.5 Å². The van der Waals surface area contributed by atoms with Crippen molar-refractivity contribution in [1.82, 2.24) is 0 Å². The minimum Gasteiger partial charge on any atom is -0.493 e. The zero-order valence-electron chi connectivity index (χ0n) is 10.8. The SMILES string of the molecule is CC#CCCC(O)c1ccc(OC)c(OC(F)F)c1. The van der Waals surface area contributed by atoms with Crippen molar-refractivity contribution in [1.29, 1.82) is 0 Å². The number of aliphatic hydroxyl groups excluding tert-OH is 1. The molecule has 1 aromatic carbocycles. The van der Waals surface area contributed by atoms with E-state index >= 15 is 0 Å². The van der Waals surface area contributed by atoms with Crippen molar-refractivity contribution in [2.24, 2.45) is 0 Å². The molecule has 1 atom stereocenters. The Morgan fingerprint density at radius 1 is 1.32 bits per heavy atom. The summed E-state index contributed by atoms with van der Waals surface area (Å²) in [5.41, 5.74) is 0.495. The molecule has 0 aliphatic heterocycles. The molecule has 0 saturated carbocycles. The quantitative estimate of drug-likeness (QED) is 0.807. The highest BCUT2D eigenvalue weighted by molar-refractivity contribution is 5.43. The lowest BCUT2D eigenvalue weighted by molar-refractivity contribution is -0.0513. The summed E-state index contributed by atoms with van der Waals surface area (Å²) in [7, 11) is 1.36. The molecule has 1 aromatic rings. The molecule has 1 rings (SSSR count). The average Bonchev–Trinajstić information content (AvgIpc) is 2.38. The van der Waals surface area contributed by atoms with Crippen molar-refractivity contribution in [3.05, 3.63) is 23.8 Å². The standard InChI is InChI=1S/C14H16F2O3/c1-3-4-5-6-11(17)10-7-8-12(18-2)13(9-10)19-14(15)16/h7-9,11,14,17H,5-6H2,1-2H3. The van der Waals surface area contributed by atoms with Gasteiger partial charge in [0.2, 0.25) is 0 Å². The molecular weight excluding hydrogens is 254 g/mol. The summed E-state index contributed by atoms with van der Waals surface area (Å²) in [4.78, 5) is 0. The summed E-state index contributed by atoms with van der Waals surface area (Å²) in [6.45, 7) is -1.22. The second-order valence-corrected chi connectivity index (χ2v) is 3.77. The van der Waals surface area contributed by atoms with Crippen molar-refractivity contribution in [3.63, 3.8) is 0 Å². The first-order valence-corrected chi connectivity index (χ1v) is 5.79. The fourth-order valence-corrected chi connectivity index (χ4v) is 1.59. The lowest BCUT2D eigenvalue weighted by Crippen LogP contribution is -2.05. The van der Waals surface area contributed by atoms with Gasteiger partial charge in [-0.15, -0.1) is 11.8 Å². The predicted octanol–water partition coefficient (Wildman–Crippen LogP) is 3.13. The van der Waals surface area contributed by atoms with Crippen LogP contribution < -0.4 is 9.47 Å². The van der Waals surface area contributed by atoms with Crippen LogP contribution in [0.5, 0.6) is 11.5 Å². The molecule has 0 aromatic heterocycles. The number of methoxy groups -OCH3 is 1. The van der Waals surface area contributed by atoms with Gasteiger partial charge in [0.05, 0.1) is 13.2 Å². The monoisotopic (exact) mass is 270 g/mol. The number of alkyl halides is 2. The zero-order valence-corrected chi connectivity index (χ0v) is 10.8. The van der Waals surface area contributed by atoms with Gasteiger partial charge in [0.15, 0.2) is 11.5 Å². The van der Waals surface area contributed by atoms with Crippen molar-refractivity contribution in [3.8, 4) is 23.3 Å². The summed E-state index contributed by atoms with van der Waals surface area (Å²) in [5.74, 6) is 5.67. The molecule has 1 unspecified atom stereocenters. The van der Waals surface area contributed by atoms with E-state index < -0.39 is 12.7 Å². The summed E-state index contributed by atoms with van der Waals surface area (Å²) < 4.78 is 33.8. The molecule has 0 saturated heterocycles. The Bertz CT molecular complexity index is 463. The summed E-state index contributed by atoms with van der Waals surface area (Å²) in [5, 5.41) is 9.92. The second-order valence-electron chi connectivity index (χ2n) is 3.77. The van der Waals surface area contributed by atoms with Gasteiger partial charge in [-0.1, -0.05) is 6.07 Å². The predicted molar refractivity (Wildman–Crippen MR) is 67.3 cm³/mol. The highest BCUT2D eigenvalue weighted by Gasteiger charge is 2.14.